The van der Waals surface area contributed by atoms with Crippen LogP contribution in [0.15, 0.2) is 24.3 Å². The van der Waals surface area contributed by atoms with Gasteiger partial charge in [-0.3, -0.25) is 4.79 Å². The summed E-state index contributed by atoms with van der Waals surface area (Å²) in [6, 6.07) is 6.56. The van der Waals surface area contributed by atoms with Gasteiger partial charge < -0.3 is 4.90 Å². The highest BCUT2D eigenvalue weighted by molar-refractivity contribution is 5.83. The summed E-state index contributed by atoms with van der Waals surface area (Å²) in [5, 5.41) is 0. The van der Waals surface area contributed by atoms with Gasteiger partial charge in [0.2, 0.25) is 5.91 Å². The molecule has 1 heterocycles. The number of likely N-dealkylation sites (tertiary alicyclic amines) is 1. The second-order valence-electron chi connectivity index (χ2n) is 5.03. The smallest absolute Gasteiger partial charge is 0.226 e. The topological polar surface area (TPSA) is 20.3 Å². The van der Waals surface area contributed by atoms with Crippen molar-refractivity contribution in [1.29, 1.82) is 0 Å². The van der Waals surface area contributed by atoms with Gasteiger partial charge in [0.15, 0.2) is 0 Å². The predicted molar refractivity (Wildman–Crippen MR) is 63.1 cm³/mol. The fourth-order valence-electron chi connectivity index (χ4n) is 2.72. The number of nitrogens with zero attached hydrogens (tertiary/aromatic N) is 1. The van der Waals surface area contributed by atoms with E-state index < -0.39 is 0 Å². The Labute approximate surface area is 100 Å². The number of benzene rings is 1. The summed E-state index contributed by atoms with van der Waals surface area (Å²) in [5.41, 5.74) is 1.10. The molecule has 2 atom stereocenters. The minimum Gasteiger partial charge on any atom is -0.342 e. The summed E-state index contributed by atoms with van der Waals surface area (Å²) in [7, 11) is 0. The van der Waals surface area contributed by atoms with Crippen molar-refractivity contribution >= 4 is 5.91 Å². The number of carbonyl (C=O) groups excluding carboxylic acids is 1. The van der Waals surface area contributed by atoms with Gasteiger partial charge in [-0.2, -0.15) is 0 Å². The number of amides is 1. The summed E-state index contributed by atoms with van der Waals surface area (Å²) >= 11 is 0. The number of rotatable bonds is 2. The van der Waals surface area contributed by atoms with E-state index in [2.05, 4.69) is 0 Å². The third-order valence-corrected chi connectivity index (χ3v) is 3.82. The molecule has 1 aromatic rings. The van der Waals surface area contributed by atoms with E-state index in [1.807, 2.05) is 4.90 Å². The molecule has 0 bridgehead atoms. The van der Waals surface area contributed by atoms with Crippen molar-refractivity contribution in [2.24, 2.45) is 5.92 Å². The molecule has 0 spiro atoms. The molecular formula is C14H16FNO. The van der Waals surface area contributed by atoms with E-state index in [1.54, 1.807) is 12.1 Å². The van der Waals surface area contributed by atoms with Crippen LogP contribution in [0.3, 0.4) is 0 Å². The average Bonchev–Trinajstić information content (AvgIpc) is 2.94. The van der Waals surface area contributed by atoms with Crippen LogP contribution >= 0.6 is 0 Å². The van der Waals surface area contributed by atoms with Gasteiger partial charge in [-0.1, -0.05) is 12.1 Å². The van der Waals surface area contributed by atoms with Gasteiger partial charge in [-0.25, -0.2) is 4.39 Å². The molecule has 3 rings (SSSR count). The molecule has 3 heteroatoms. The van der Waals surface area contributed by atoms with Crippen LogP contribution < -0.4 is 0 Å². The lowest BCUT2D eigenvalue weighted by Gasteiger charge is -2.14. The molecule has 1 saturated carbocycles. The minimum absolute atomic E-state index is 0.151. The van der Waals surface area contributed by atoms with Gasteiger partial charge in [-0.15, -0.1) is 0 Å². The summed E-state index contributed by atoms with van der Waals surface area (Å²) in [6.07, 6.45) is 3.21. The van der Waals surface area contributed by atoms with Crippen LogP contribution in [0, 0.1) is 11.7 Å². The quantitative estimate of drug-likeness (QED) is 0.768. The van der Waals surface area contributed by atoms with Crippen molar-refractivity contribution in [1.82, 2.24) is 4.90 Å². The zero-order valence-electron chi connectivity index (χ0n) is 9.73. The Bertz CT molecular complexity index is 422. The Morgan fingerprint density at radius 3 is 2.47 bits per heavy atom. The Morgan fingerprint density at radius 2 is 1.82 bits per heavy atom. The standard InChI is InChI=1S/C14H16FNO/c15-11-5-3-10(4-6-11)12-9-13(12)14(17)16-7-1-2-8-16/h3-6,12-13H,1-2,7-9H2. The molecule has 0 N–H and O–H groups in total. The Balaban J connectivity index is 1.65. The van der Waals surface area contributed by atoms with Crippen molar-refractivity contribution < 1.29 is 9.18 Å². The van der Waals surface area contributed by atoms with Crippen LogP contribution in [0.1, 0.15) is 30.7 Å². The molecule has 2 nitrogen and oxygen atoms in total. The molecule has 0 aromatic heterocycles. The average molecular weight is 233 g/mol. The molecule has 2 fully saturated rings. The highest BCUT2D eigenvalue weighted by Crippen LogP contribution is 2.48. The Kier molecular flexibility index (Phi) is 2.61. The van der Waals surface area contributed by atoms with Gasteiger partial charge in [-0.05, 0) is 42.9 Å². The molecule has 1 amide bonds. The van der Waals surface area contributed by atoms with Crippen LogP contribution in [0.25, 0.3) is 0 Å². The third kappa shape index (κ3) is 2.06. The third-order valence-electron chi connectivity index (χ3n) is 3.82. The normalized spacial score (nSPS) is 27.2. The van der Waals surface area contributed by atoms with E-state index in [0.29, 0.717) is 11.8 Å². The largest absolute Gasteiger partial charge is 0.342 e. The maximum atomic E-state index is 12.8. The number of carbonyl (C=O) groups is 1. The fourth-order valence-corrected chi connectivity index (χ4v) is 2.72. The molecule has 1 aliphatic carbocycles. The van der Waals surface area contributed by atoms with Crippen molar-refractivity contribution in [3.05, 3.63) is 35.6 Å². The number of hydrogen-bond acceptors (Lipinski definition) is 1. The number of hydrogen-bond donors (Lipinski definition) is 0. The van der Waals surface area contributed by atoms with Gasteiger partial charge in [0.25, 0.3) is 0 Å². The monoisotopic (exact) mass is 233 g/mol. The lowest BCUT2D eigenvalue weighted by Crippen LogP contribution is -2.29. The molecule has 2 aliphatic rings. The molecular weight excluding hydrogens is 217 g/mol. The van der Waals surface area contributed by atoms with E-state index in [4.69, 9.17) is 0 Å². The highest BCUT2D eigenvalue weighted by Gasteiger charge is 2.45. The molecule has 2 unspecified atom stereocenters. The van der Waals surface area contributed by atoms with E-state index in [0.717, 1.165) is 37.9 Å². The molecule has 0 radical (unpaired) electrons. The zero-order valence-corrected chi connectivity index (χ0v) is 9.73. The summed E-state index contributed by atoms with van der Waals surface area (Å²) in [4.78, 5) is 14.1. The highest BCUT2D eigenvalue weighted by atomic mass is 19.1. The second-order valence-corrected chi connectivity index (χ2v) is 5.03. The predicted octanol–water partition coefficient (Wildman–Crippen LogP) is 2.55. The first-order valence-electron chi connectivity index (χ1n) is 6.30. The maximum Gasteiger partial charge on any atom is 0.226 e. The SMILES string of the molecule is O=C(C1CC1c1ccc(F)cc1)N1CCCC1. The van der Waals surface area contributed by atoms with E-state index >= 15 is 0 Å². The zero-order chi connectivity index (χ0) is 11.8. The van der Waals surface area contributed by atoms with Gasteiger partial charge in [0, 0.05) is 19.0 Å². The summed E-state index contributed by atoms with van der Waals surface area (Å²) in [5.74, 6) is 0.566. The van der Waals surface area contributed by atoms with Crippen LogP contribution in [0.5, 0.6) is 0 Å². The van der Waals surface area contributed by atoms with Crippen molar-refractivity contribution in [3.63, 3.8) is 0 Å². The van der Waals surface area contributed by atoms with E-state index in [-0.39, 0.29) is 11.7 Å². The molecule has 1 aliphatic heterocycles. The minimum atomic E-state index is -0.211. The Morgan fingerprint density at radius 1 is 1.18 bits per heavy atom. The lowest BCUT2D eigenvalue weighted by atomic mass is 10.1. The van der Waals surface area contributed by atoms with Crippen LogP contribution in [-0.2, 0) is 4.79 Å². The lowest BCUT2D eigenvalue weighted by molar-refractivity contribution is -0.131. The van der Waals surface area contributed by atoms with Crippen LogP contribution in [0.4, 0.5) is 4.39 Å². The van der Waals surface area contributed by atoms with Crippen molar-refractivity contribution in [2.75, 3.05) is 13.1 Å². The van der Waals surface area contributed by atoms with E-state index in [9.17, 15) is 9.18 Å². The fraction of sp³-hybridized carbons (Fsp3) is 0.500. The van der Waals surface area contributed by atoms with Gasteiger partial charge >= 0.3 is 0 Å². The van der Waals surface area contributed by atoms with Gasteiger partial charge in [0.1, 0.15) is 5.82 Å². The first kappa shape index (κ1) is 10.8. The molecule has 1 aromatic carbocycles. The first-order valence-corrected chi connectivity index (χ1v) is 6.30. The Hall–Kier alpha value is -1.38. The molecule has 17 heavy (non-hydrogen) atoms. The van der Waals surface area contributed by atoms with Crippen molar-refractivity contribution in [3.8, 4) is 0 Å². The maximum absolute atomic E-state index is 12.8. The van der Waals surface area contributed by atoms with Crippen molar-refractivity contribution in [2.45, 2.75) is 25.2 Å². The van der Waals surface area contributed by atoms with Crippen LogP contribution in [0.2, 0.25) is 0 Å². The van der Waals surface area contributed by atoms with E-state index in [1.165, 1.54) is 12.1 Å². The summed E-state index contributed by atoms with van der Waals surface area (Å²) < 4.78 is 12.8. The number of halogens is 1. The van der Waals surface area contributed by atoms with Crippen LogP contribution in [-0.4, -0.2) is 23.9 Å². The molecule has 90 valence electrons. The second kappa shape index (κ2) is 4.13. The summed E-state index contributed by atoms with van der Waals surface area (Å²) in [6.45, 7) is 1.84. The van der Waals surface area contributed by atoms with Gasteiger partial charge in [0.05, 0.1) is 0 Å². The molecule has 1 saturated heterocycles. The first-order chi connectivity index (χ1) is 8.25.